The van der Waals surface area contributed by atoms with Crippen LogP contribution in [0, 0.1) is 0 Å². The smallest absolute Gasteiger partial charge is 0.219 e. The topological polar surface area (TPSA) is 50.2 Å². The maximum absolute atomic E-state index is 11.3. The standard InChI is InChI=1S/C23H36Cl2N4O/c1-3-15-29-21-12-11-19(28(16-13-24)17-14-25)18-20(21)27-22(29)9-7-5-4-6-8-10-23(30)26-2/h11-12,18H,3-10,13-17H2,1-2H3,(H,26,30). The van der Waals surface area contributed by atoms with E-state index < -0.39 is 0 Å². The van der Waals surface area contributed by atoms with Gasteiger partial charge in [0, 0.05) is 57.0 Å². The summed E-state index contributed by atoms with van der Waals surface area (Å²) >= 11 is 11.9. The number of alkyl halides is 2. The van der Waals surface area contributed by atoms with Crippen molar-refractivity contribution in [3.63, 3.8) is 0 Å². The van der Waals surface area contributed by atoms with Gasteiger partial charge in [-0.2, -0.15) is 0 Å². The summed E-state index contributed by atoms with van der Waals surface area (Å²) < 4.78 is 2.37. The van der Waals surface area contributed by atoms with Crippen LogP contribution in [-0.2, 0) is 17.8 Å². The summed E-state index contributed by atoms with van der Waals surface area (Å²) in [6.07, 6.45) is 8.27. The number of carbonyl (C=O) groups excluding carboxylic acids is 1. The monoisotopic (exact) mass is 454 g/mol. The second-order valence-electron chi connectivity index (χ2n) is 7.66. The third-order valence-corrected chi connectivity index (χ3v) is 5.75. The lowest BCUT2D eigenvalue weighted by Gasteiger charge is -2.22. The molecule has 0 atom stereocenters. The lowest BCUT2D eigenvalue weighted by molar-refractivity contribution is -0.120. The number of imidazole rings is 1. The highest BCUT2D eigenvalue weighted by molar-refractivity contribution is 6.18. The summed E-state index contributed by atoms with van der Waals surface area (Å²) in [4.78, 5) is 18.5. The van der Waals surface area contributed by atoms with Gasteiger partial charge in [0.1, 0.15) is 5.82 Å². The number of unbranched alkanes of at least 4 members (excludes halogenated alkanes) is 4. The third-order valence-electron chi connectivity index (χ3n) is 5.42. The number of rotatable bonds is 15. The van der Waals surface area contributed by atoms with Gasteiger partial charge in [0.2, 0.25) is 5.91 Å². The van der Waals surface area contributed by atoms with Crippen LogP contribution < -0.4 is 10.2 Å². The lowest BCUT2D eigenvalue weighted by Crippen LogP contribution is -2.27. The van der Waals surface area contributed by atoms with Crippen LogP contribution in [0.15, 0.2) is 18.2 Å². The van der Waals surface area contributed by atoms with Crippen molar-refractivity contribution in [1.29, 1.82) is 0 Å². The van der Waals surface area contributed by atoms with Crippen molar-refractivity contribution >= 4 is 45.8 Å². The van der Waals surface area contributed by atoms with Crippen molar-refractivity contribution < 1.29 is 4.79 Å². The quantitative estimate of drug-likeness (QED) is 0.291. The summed E-state index contributed by atoms with van der Waals surface area (Å²) in [6, 6.07) is 6.51. The number of nitrogens with one attached hydrogen (secondary N) is 1. The number of carbonyl (C=O) groups is 1. The lowest BCUT2D eigenvalue weighted by atomic mass is 10.1. The molecule has 5 nitrogen and oxygen atoms in total. The number of hydrogen-bond donors (Lipinski definition) is 1. The predicted octanol–water partition coefficient (Wildman–Crippen LogP) is 5.36. The second kappa shape index (κ2) is 13.8. The molecule has 168 valence electrons. The zero-order chi connectivity index (χ0) is 21.8. The van der Waals surface area contributed by atoms with Crippen LogP contribution in [0.1, 0.15) is 57.7 Å². The minimum atomic E-state index is 0.137. The minimum Gasteiger partial charge on any atom is -0.369 e. The van der Waals surface area contributed by atoms with E-state index in [9.17, 15) is 4.79 Å². The maximum Gasteiger partial charge on any atom is 0.219 e. The molecule has 7 heteroatoms. The molecule has 0 spiro atoms. The van der Waals surface area contributed by atoms with E-state index in [1.165, 1.54) is 24.2 Å². The first kappa shape index (κ1) is 24.8. The van der Waals surface area contributed by atoms with Crippen molar-refractivity contribution in [2.24, 2.45) is 0 Å². The molecule has 0 bridgehead atoms. The number of aryl methyl sites for hydroxylation is 2. The Morgan fingerprint density at radius 1 is 1.10 bits per heavy atom. The van der Waals surface area contributed by atoms with Gasteiger partial charge in [-0.1, -0.05) is 26.2 Å². The molecule has 2 rings (SSSR count). The molecule has 1 heterocycles. The van der Waals surface area contributed by atoms with E-state index in [0.717, 1.165) is 62.9 Å². The molecule has 1 N–H and O–H groups in total. The van der Waals surface area contributed by atoms with Gasteiger partial charge >= 0.3 is 0 Å². The molecule has 2 aromatic rings. The SMILES string of the molecule is CCCn1c(CCCCCCCC(=O)NC)nc2cc(N(CCCl)CCCl)ccc21. The van der Waals surface area contributed by atoms with Crippen LogP contribution in [0.4, 0.5) is 5.69 Å². The molecular formula is C23H36Cl2N4O. The number of halogens is 2. The molecule has 0 unspecified atom stereocenters. The summed E-state index contributed by atoms with van der Waals surface area (Å²) in [5.74, 6) is 2.47. The van der Waals surface area contributed by atoms with Gasteiger partial charge in [-0.15, -0.1) is 23.2 Å². The first-order valence-corrected chi connectivity index (χ1v) is 12.3. The Morgan fingerprint density at radius 3 is 2.47 bits per heavy atom. The van der Waals surface area contributed by atoms with E-state index in [2.05, 4.69) is 39.9 Å². The van der Waals surface area contributed by atoms with E-state index >= 15 is 0 Å². The zero-order valence-corrected chi connectivity index (χ0v) is 19.9. The Bertz CT molecular complexity index is 772. The molecule has 0 aliphatic heterocycles. The van der Waals surface area contributed by atoms with Gasteiger partial charge in [-0.3, -0.25) is 4.79 Å². The number of hydrogen-bond acceptors (Lipinski definition) is 3. The summed E-state index contributed by atoms with van der Waals surface area (Å²) in [7, 11) is 1.70. The Balaban J connectivity index is 2.00. The van der Waals surface area contributed by atoms with E-state index in [0.29, 0.717) is 18.2 Å². The van der Waals surface area contributed by atoms with E-state index in [1.807, 2.05) is 0 Å². The number of amides is 1. The van der Waals surface area contributed by atoms with Crippen molar-refractivity contribution in [2.75, 3.05) is 36.8 Å². The molecule has 0 radical (unpaired) electrons. The number of nitrogens with zero attached hydrogens (tertiary/aromatic N) is 3. The van der Waals surface area contributed by atoms with Gasteiger partial charge in [-0.05, 0) is 37.5 Å². The number of aromatic nitrogens is 2. The van der Waals surface area contributed by atoms with Crippen LogP contribution >= 0.6 is 23.2 Å². The van der Waals surface area contributed by atoms with Crippen molar-refractivity contribution in [3.8, 4) is 0 Å². The van der Waals surface area contributed by atoms with Crippen LogP contribution in [0.3, 0.4) is 0 Å². The Hall–Kier alpha value is -1.46. The Labute approximate surface area is 191 Å². The maximum atomic E-state index is 11.3. The molecule has 0 aliphatic carbocycles. The summed E-state index contributed by atoms with van der Waals surface area (Å²) in [6.45, 7) is 4.76. The molecule has 1 aromatic carbocycles. The van der Waals surface area contributed by atoms with Gasteiger partial charge in [0.05, 0.1) is 11.0 Å². The van der Waals surface area contributed by atoms with Crippen LogP contribution in [0.25, 0.3) is 11.0 Å². The Morgan fingerprint density at radius 2 is 1.80 bits per heavy atom. The zero-order valence-electron chi connectivity index (χ0n) is 18.4. The van der Waals surface area contributed by atoms with Crippen molar-refractivity contribution in [2.45, 2.75) is 64.8 Å². The predicted molar refractivity (Wildman–Crippen MR) is 129 cm³/mol. The Kier molecular flexibility index (Phi) is 11.4. The van der Waals surface area contributed by atoms with Crippen LogP contribution in [0.5, 0.6) is 0 Å². The first-order chi connectivity index (χ1) is 14.6. The fourth-order valence-electron chi connectivity index (χ4n) is 3.83. The highest BCUT2D eigenvalue weighted by atomic mass is 35.5. The van der Waals surface area contributed by atoms with E-state index in [4.69, 9.17) is 28.2 Å². The normalized spacial score (nSPS) is 11.2. The van der Waals surface area contributed by atoms with Gasteiger partial charge in [-0.25, -0.2) is 4.98 Å². The van der Waals surface area contributed by atoms with E-state index in [-0.39, 0.29) is 5.91 Å². The van der Waals surface area contributed by atoms with E-state index in [1.54, 1.807) is 7.05 Å². The van der Waals surface area contributed by atoms with Crippen molar-refractivity contribution in [3.05, 3.63) is 24.0 Å². The van der Waals surface area contributed by atoms with Gasteiger partial charge < -0.3 is 14.8 Å². The number of fused-ring (bicyclic) bond motifs is 1. The summed E-state index contributed by atoms with van der Waals surface area (Å²) in [5, 5.41) is 2.68. The van der Waals surface area contributed by atoms with Gasteiger partial charge in [0.15, 0.2) is 0 Å². The second-order valence-corrected chi connectivity index (χ2v) is 8.41. The largest absolute Gasteiger partial charge is 0.369 e. The molecule has 1 aromatic heterocycles. The van der Waals surface area contributed by atoms with Crippen LogP contribution in [-0.4, -0.2) is 47.4 Å². The molecule has 0 aliphatic rings. The van der Waals surface area contributed by atoms with Gasteiger partial charge in [0.25, 0.3) is 0 Å². The molecule has 1 amide bonds. The average Bonchev–Trinajstić information content (AvgIpc) is 3.09. The minimum absolute atomic E-state index is 0.137. The first-order valence-electron chi connectivity index (χ1n) is 11.2. The molecule has 0 fully saturated rings. The third kappa shape index (κ3) is 7.35. The molecule has 30 heavy (non-hydrogen) atoms. The van der Waals surface area contributed by atoms with Crippen LogP contribution in [0.2, 0.25) is 0 Å². The fraction of sp³-hybridized carbons (Fsp3) is 0.652. The van der Waals surface area contributed by atoms with Crippen molar-refractivity contribution in [1.82, 2.24) is 14.9 Å². The molecular weight excluding hydrogens is 419 g/mol. The highest BCUT2D eigenvalue weighted by Gasteiger charge is 2.13. The summed E-state index contributed by atoms with van der Waals surface area (Å²) in [5.41, 5.74) is 3.39. The number of anilines is 1. The molecule has 0 saturated carbocycles. The highest BCUT2D eigenvalue weighted by Crippen LogP contribution is 2.25. The average molecular weight is 455 g/mol. The number of benzene rings is 1. The fourth-order valence-corrected chi connectivity index (χ4v) is 4.23. The molecule has 0 saturated heterocycles.